The molecule has 0 aromatic rings. The highest BCUT2D eigenvalue weighted by atomic mass is 32.2. The van der Waals surface area contributed by atoms with Gasteiger partial charge >= 0.3 is 0 Å². The minimum absolute atomic E-state index is 0.0507. The second-order valence-corrected chi connectivity index (χ2v) is 7.07. The van der Waals surface area contributed by atoms with Gasteiger partial charge in [0.15, 0.2) is 0 Å². The van der Waals surface area contributed by atoms with Crippen LogP contribution in [0, 0.1) is 5.92 Å². The van der Waals surface area contributed by atoms with Gasteiger partial charge in [-0.15, -0.1) is 0 Å². The van der Waals surface area contributed by atoms with Crippen LogP contribution in [0.2, 0.25) is 0 Å². The summed E-state index contributed by atoms with van der Waals surface area (Å²) >= 11 is 0. The largest absolute Gasteiger partial charge is 0.409 e. The molecule has 0 aromatic carbocycles. The normalized spacial score (nSPS) is 19.3. The minimum atomic E-state index is -3.22. The first-order valence-corrected chi connectivity index (χ1v) is 7.97. The van der Waals surface area contributed by atoms with Crippen LogP contribution in [0.5, 0.6) is 0 Å². The molecular weight excluding hydrogens is 254 g/mol. The molecule has 7 heteroatoms. The summed E-state index contributed by atoms with van der Waals surface area (Å²) in [5.41, 5.74) is 5.33. The molecule has 6 nitrogen and oxygen atoms in total. The van der Waals surface area contributed by atoms with Gasteiger partial charge in [0.2, 0.25) is 10.0 Å². The van der Waals surface area contributed by atoms with Crippen molar-refractivity contribution in [3.05, 3.63) is 0 Å². The lowest BCUT2D eigenvalue weighted by Crippen LogP contribution is -2.35. The van der Waals surface area contributed by atoms with E-state index in [0.29, 0.717) is 0 Å². The fraction of sp³-hybridized carbons (Fsp3) is 0.909. The predicted octanol–water partition coefficient (Wildman–Crippen LogP) is 0.965. The van der Waals surface area contributed by atoms with Crippen molar-refractivity contribution in [1.82, 2.24) is 4.31 Å². The van der Waals surface area contributed by atoms with Crippen molar-refractivity contribution in [1.29, 1.82) is 0 Å². The number of oxime groups is 1. The molecular formula is C11H23N3O3S. The number of hydrogen-bond acceptors (Lipinski definition) is 4. The van der Waals surface area contributed by atoms with Crippen LogP contribution in [-0.2, 0) is 10.0 Å². The van der Waals surface area contributed by atoms with Gasteiger partial charge in [0.1, 0.15) is 5.84 Å². The molecule has 0 radical (unpaired) electrons. The third-order valence-corrected chi connectivity index (χ3v) is 5.48. The molecule has 0 aromatic heterocycles. The molecule has 0 bridgehead atoms. The predicted molar refractivity (Wildman–Crippen MR) is 71.0 cm³/mol. The van der Waals surface area contributed by atoms with E-state index in [1.54, 1.807) is 7.05 Å². The lowest BCUT2D eigenvalue weighted by atomic mass is 9.91. The Morgan fingerprint density at radius 2 is 2.00 bits per heavy atom. The Labute approximate surface area is 109 Å². The zero-order valence-electron chi connectivity index (χ0n) is 10.9. The SMILES string of the molecule is CN(CCC(N)=NO)S(=O)(=O)CC1CCCCC1. The number of sulfonamides is 1. The first-order valence-electron chi connectivity index (χ1n) is 6.36. The molecule has 1 rings (SSSR count). The maximum absolute atomic E-state index is 12.1. The van der Waals surface area contributed by atoms with Gasteiger partial charge in [-0.25, -0.2) is 12.7 Å². The quantitative estimate of drug-likeness (QED) is 0.327. The Bertz CT molecular complexity index is 375. The van der Waals surface area contributed by atoms with Crippen molar-refractivity contribution in [3.8, 4) is 0 Å². The van der Waals surface area contributed by atoms with Crippen molar-refractivity contribution in [2.24, 2.45) is 16.8 Å². The van der Waals surface area contributed by atoms with Gasteiger partial charge in [0, 0.05) is 20.0 Å². The van der Waals surface area contributed by atoms with E-state index < -0.39 is 10.0 Å². The summed E-state index contributed by atoms with van der Waals surface area (Å²) in [6, 6.07) is 0. The Kier molecular flexibility index (Phi) is 5.87. The summed E-state index contributed by atoms with van der Waals surface area (Å²) in [5, 5.41) is 11.2. The summed E-state index contributed by atoms with van der Waals surface area (Å²) in [6.07, 6.45) is 5.75. The summed E-state index contributed by atoms with van der Waals surface area (Å²) in [5.74, 6) is 0.560. The van der Waals surface area contributed by atoms with Crippen LogP contribution in [0.3, 0.4) is 0 Å². The Morgan fingerprint density at radius 3 is 2.56 bits per heavy atom. The van der Waals surface area contributed by atoms with Crippen LogP contribution in [0.4, 0.5) is 0 Å². The highest BCUT2D eigenvalue weighted by molar-refractivity contribution is 7.89. The fourth-order valence-electron chi connectivity index (χ4n) is 2.24. The third kappa shape index (κ3) is 4.81. The summed E-state index contributed by atoms with van der Waals surface area (Å²) in [6.45, 7) is 0.255. The molecule has 0 aliphatic heterocycles. The molecule has 0 spiro atoms. The zero-order chi connectivity index (χ0) is 13.6. The van der Waals surface area contributed by atoms with Crippen molar-refractivity contribution in [2.45, 2.75) is 38.5 Å². The fourth-order valence-corrected chi connectivity index (χ4v) is 3.79. The molecule has 18 heavy (non-hydrogen) atoms. The molecule has 106 valence electrons. The Hall–Kier alpha value is -0.820. The van der Waals surface area contributed by atoms with Gasteiger partial charge in [-0.05, 0) is 18.8 Å². The van der Waals surface area contributed by atoms with E-state index in [1.165, 1.54) is 10.7 Å². The maximum atomic E-state index is 12.1. The molecule has 0 saturated heterocycles. The molecule has 0 heterocycles. The third-order valence-electron chi connectivity index (χ3n) is 3.46. The number of nitrogens with zero attached hydrogens (tertiary/aromatic N) is 2. The van der Waals surface area contributed by atoms with E-state index in [2.05, 4.69) is 5.16 Å². The highest BCUT2D eigenvalue weighted by Gasteiger charge is 2.24. The van der Waals surface area contributed by atoms with Crippen LogP contribution in [0.25, 0.3) is 0 Å². The lowest BCUT2D eigenvalue weighted by molar-refractivity contribution is 0.316. The first-order chi connectivity index (χ1) is 8.45. The molecule has 3 N–H and O–H groups in total. The van der Waals surface area contributed by atoms with Crippen LogP contribution in [0.15, 0.2) is 5.16 Å². The van der Waals surface area contributed by atoms with Crippen LogP contribution >= 0.6 is 0 Å². The zero-order valence-corrected chi connectivity index (χ0v) is 11.7. The average Bonchev–Trinajstić information content (AvgIpc) is 2.36. The van der Waals surface area contributed by atoms with Gasteiger partial charge in [0.25, 0.3) is 0 Å². The van der Waals surface area contributed by atoms with Crippen molar-refractivity contribution >= 4 is 15.9 Å². The first kappa shape index (κ1) is 15.2. The molecule has 0 atom stereocenters. The van der Waals surface area contributed by atoms with Crippen LogP contribution in [-0.4, -0.2) is 43.1 Å². The standard InChI is InChI=1S/C11H23N3O3S/c1-14(8-7-11(12)13-15)18(16,17)9-10-5-3-2-4-6-10/h10,15H,2-9H2,1H3,(H2,12,13). The second kappa shape index (κ2) is 6.94. The number of hydrogen-bond donors (Lipinski definition) is 2. The van der Waals surface area contributed by atoms with E-state index in [9.17, 15) is 8.42 Å². The van der Waals surface area contributed by atoms with Gasteiger partial charge in [-0.1, -0.05) is 24.4 Å². The van der Waals surface area contributed by atoms with Crippen LogP contribution < -0.4 is 5.73 Å². The monoisotopic (exact) mass is 277 g/mol. The highest BCUT2D eigenvalue weighted by Crippen LogP contribution is 2.25. The van der Waals surface area contributed by atoms with E-state index >= 15 is 0 Å². The summed E-state index contributed by atoms with van der Waals surface area (Å²) in [4.78, 5) is 0. The number of nitrogens with two attached hydrogens (primary N) is 1. The van der Waals surface area contributed by atoms with E-state index in [-0.39, 0.29) is 30.5 Å². The van der Waals surface area contributed by atoms with E-state index in [0.717, 1.165) is 25.7 Å². The minimum Gasteiger partial charge on any atom is -0.409 e. The van der Waals surface area contributed by atoms with Gasteiger partial charge in [-0.2, -0.15) is 0 Å². The average molecular weight is 277 g/mol. The lowest BCUT2D eigenvalue weighted by Gasteiger charge is -2.24. The van der Waals surface area contributed by atoms with Crippen molar-refractivity contribution in [3.63, 3.8) is 0 Å². The Morgan fingerprint density at radius 1 is 1.39 bits per heavy atom. The number of rotatable bonds is 6. The van der Waals surface area contributed by atoms with Gasteiger partial charge in [-0.3, -0.25) is 0 Å². The summed E-state index contributed by atoms with van der Waals surface area (Å²) in [7, 11) is -1.68. The molecule has 1 saturated carbocycles. The molecule has 0 unspecified atom stereocenters. The smallest absolute Gasteiger partial charge is 0.214 e. The summed E-state index contributed by atoms with van der Waals surface area (Å²) < 4.78 is 25.5. The molecule has 1 aliphatic carbocycles. The van der Waals surface area contributed by atoms with Crippen molar-refractivity contribution < 1.29 is 13.6 Å². The number of amidine groups is 1. The topological polar surface area (TPSA) is 96.0 Å². The second-order valence-electron chi connectivity index (χ2n) is 4.95. The van der Waals surface area contributed by atoms with Crippen LogP contribution in [0.1, 0.15) is 38.5 Å². The molecule has 0 amide bonds. The van der Waals surface area contributed by atoms with Gasteiger partial charge < -0.3 is 10.9 Å². The molecule has 1 aliphatic rings. The maximum Gasteiger partial charge on any atom is 0.214 e. The van der Waals surface area contributed by atoms with Crippen molar-refractivity contribution in [2.75, 3.05) is 19.3 Å². The molecule has 1 fully saturated rings. The van der Waals surface area contributed by atoms with E-state index in [1.807, 2.05) is 0 Å². The Balaban J connectivity index is 2.46. The van der Waals surface area contributed by atoms with E-state index in [4.69, 9.17) is 10.9 Å². The van der Waals surface area contributed by atoms with Gasteiger partial charge in [0.05, 0.1) is 5.75 Å².